The largest absolute Gasteiger partial charge is 0.298 e. The van der Waals surface area contributed by atoms with Crippen LogP contribution in [0, 0.1) is 0 Å². The fourth-order valence-corrected chi connectivity index (χ4v) is 6.12. The molecule has 5 rings (SSSR count). The van der Waals surface area contributed by atoms with Crippen LogP contribution in [-0.2, 0) is 23.0 Å². The summed E-state index contributed by atoms with van der Waals surface area (Å²) < 4.78 is 27.8. The zero-order valence-electron chi connectivity index (χ0n) is 17.9. The number of nitrogens with zero attached hydrogens (tertiary/aromatic N) is 2. The number of benzene rings is 3. The van der Waals surface area contributed by atoms with Crippen molar-refractivity contribution in [3.8, 4) is 11.3 Å². The number of nitrogens with one attached hydrogen (secondary N) is 1. The third-order valence-electron chi connectivity index (χ3n) is 5.71. The van der Waals surface area contributed by atoms with E-state index in [-0.39, 0.29) is 10.8 Å². The molecule has 1 aromatic heterocycles. The molecule has 0 aliphatic carbocycles. The van der Waals surface area contributed by atoms with E-state index in [1.54, 1.807) is 12.1 Å². The van der Waals surface area contributed by atoms with Crippen molar-refractivity contribution in [3.05, 3.63) is 99.9 Å². The van der Waals surface area contributed by atoms with Crippen LogP contribution in [0.3, 0.4) is 0 Å². The van der Waals surface area contributed by atoms with Crippen LogP contribution in [0.25, 0.3) is 11.3 Å². The van der Waals surface area contributed by atoms with Crippen molar-refractivity contribution in [1.82, 2.24) is 9.29 Å². The number of anilines is 1. The average Bonchev–Trinajstić information content (AvgIpc) is 3.32. The molecule has 2 heterocycles. The standard InChI is InChI=1S/C25H20ClN3O3S2/c26-21-9-5-18(6-10-21)23-16-33-25(27-23)28-24(30)19-7-11-22(12-8-19)34(31,32)29-14-13-17-3-1-2-4-20(17)15-29/h1-12,16H,13-15H2,(H,27,28,30). The van der Waals surface area contributed by atoms with Gasteiger partial charge in [0.05, 0.1) is 10.6 Å². The summed E-state index contributed by atoms with van der Waals surface area (Å²) >= 11 is 7.24. The molecular formula is C25H20ClN3O3S2. The lowest BCUT2D eigenvalue weighted by Crippen LogP contribution is -2.35. The minimum Gasteiger partial charge on any atom is -0.298 e. The summed E-state index contributed by atoms with van der Waals surface area (Å²) in [4.78, 5) is 17.3. The number of amides is 1. The van der Waals surface area contributed by atoms with Crippen molar-refractivity contribution in [2.75, 3.05) is 11.9 Å². The number of aromatic nitrogens is 1. The van der Waals surface area contributed by atoms with Crippen molar-refractivity contribution < 1.29 is 13.2 Å². The maximum atomic E-state index is 13.1. The number of rotatable bonds is 5. The van der Waals surface area contributed by atoms with E-state index in [1.165, 1.54) is 45.5 Å². The monoisotopic (exact) mass is 509 g/mol. The number of hydrogen-bond donors (Lipinski definition) is 1. The fraction of sp³-hybridized carbons (Fsp3) is 0.120. The number of hydrogen-bond acceptors (Lipinski definition) is 5. The van der Waals surface area contributed by atoms with Gasteiger partial charge >= 0.3 is 0 Å². The lowest BCUT2D eigenvalue weighted by Gasteiger charge is -2.28. The minimum atomic E-state index is -3.65. The molecule has 0 atom stereocenters. The first-order chi connectivity index (χ1) is 16.4. The Hall–Kier alpha value is -3.04. The zero-order valence-corrected chi connectivity index (χ0v) is 20.3. The van der Waals surface area contributed by atoms with Crippen LogP contribution in [0.5, 0.6) is 0 Å². The molecule has 0 saturated heterocycles. The number of carbonyl (C=O) groups is 1. The van der Waals surface area contributed by atoms with Gasteiger partial charge in [-0.2, -0.15) is 4.31 Å². The normalized spacial score (nSPS) is 13.9. The van der Waals surface area contributed by atoms with Gasteiger partial charge in [-0.25, -0.2) is 13.4 Å². The summed E-state index contributed by atoms with van der Waals surface area (Å²) in [6.45, 7) is 0.780. The number of thiazole rings is 1. The maximum absolute atomic E-state index is 13.1. The molecule has 0 radical (unpaired) electrons. The van der Waals surface area contributed by atoms with E-state index in [0.29, 0.717) is 35.2 Å². The molecule has 3 aromatic carbocycles. The van der Waals surface area contributed by atoms with Crippen LogP contribution in [-0.4, -0.2) is 30.2 Å². The highest BCUT2D eigenvalue weighted by atomic mass is 35.5. The van der Waals surface area contributed by atoms with Crippen LogP contribution in [0.1, 0.15) is 21.5 Å². The Kier molecular flexibility index (Phi) is 6.22. The van der Waals surface area contributed by atoms with Crippen LogP contribution >= 0.6 is 22.9 Å². The van der Waals surface area contributed by atoms with Crippen molar-refractivity contribution in [3.63, 3.8) is 0 Å². The van der Waals surface area contributed by atoms with Crippen LogP contribution in [0.4, 0.5) is 5.13 Å². The second-order valence-corrected chi connectivity index (χ2v) is 11.1. The van der Waals surface area contributed by atoms with Gasteiger partial charge in [0.25, 0.3) is 5.91 Å². The van der Waals surface area contributed by atoms with Gasteiger partial charge in [0, 0.05) is 34.6 Å². The summed E-state index contributed by atoms with van der Waals surface area (Å²) in [5.41, 5.74) is 4.20. The second-order valence-electron chi connectivity index (χ2n) is 7.88. The van der Waals surface area contributed by atoms with Crippen molar-refractivity contribution in [2.45, 2.75) is 17.9 Å². The molecule has 0 unspecified atom stereocenters. The fourth-order valence-electron chi connectivity index (χ4n) is 3.86. The van der Waals surface area contributed by atoms with Gasteiger partial charge in [-0.05, 0) is 53.9 Å². The SMILES string of the molecule is O=C(Nc1nc(-c2ccc(Cl)cc2)cs1)c1ccc(S(=O)(=O)N2CCc3ccccc3C2)cc1. The molecule has 9 heteroatoms. The lowest BCUT2D eigenvalue weighted by atomic mass is 10.0. The Morgan fingerprint density at radius 3 is 2.41 bits per heavy atom. The summed E-state index contributed by atoms with van der Waals surface area (Å²) in [5, 5.41) is 5.73. The van der Waals surface area contributed by atoms with Crippen LogP contribution in [0.15, 0.2) is 83.1 Å². The third-order valence-corrected chi connectivity index (χ3v) is 8.58. The Morgan fingerprint density at radius 1 is 0.971 bits per heavy atom. The van der Waals surface area contributed by atoms with Gasteiger partial charge in [-0.3, -0.25) is 10.1 Å². The highest BCUT2D eigenvalue weighted by Crippen LogP contribution is 2.27. The molecule has 1 amide bonds. The highest BCUT2D eigenvalue weighted by molar-refractivity contribution is 7.89. The van der Waals surface area contributed by atoms with Crippen molar-refractivity contribution in [2.24, 2.45) is 0 Å². The molecule has 1 aliphatic heterocycles. The van der Waals surface area contributed by atoms with Gasteiger partial charge in [-0.1, -0.05) is 48.0 Å². The van der Waals surface area contributed by atoms with Gasteiger partial charge < -0.3 is 0 Å². The van der Waals surface area contributed by atoms with E-state index < -0.39 is 10.0 Å². The highest BCUT2D eigenvalue weighted by Gasteiger charge is 2.28. The smallest absolute Gasteiger partial charge is 0.257 e. The van der Waals surface area contributed by atoms with Gasteiger partial charge in [0.1, 0.15) is 0 Å². The number of halogens is 1. The predicted octanol–water partition coefficient (Wildman–Crippen LogP) is 5.46. The molecule has 0 spiro atoms. The first kappa shape index (κ1) is 22.7. The quantitative estimate of drug-likeness (QED) is 0.387. The topological polar surface area (TPSA) is 79.4 Å². The van der Waals surface area contributed by atoms with E-state index in [1.807, 2.05) is 41.8 Å². The minimum absolute atomic E-state index is 0.169. The first-order valence-electron chi connectivity index (χ1n) is 10.6. The van der Waals surface area contributed by atoms with Crippen LogP contribution in [0.2, 0.25) is 5.02 Å². The Balaban J connectivity index is 1.28. The van der Waals surface area contributed by atoms with Gasteiger partial charge in [0.15, 0.2) is 5.13 Å². The molecule has 1 aliphatic rings. The number of fused-ring (bicyclic) bond motifs is 1. The Morgan fingerprint density at radius 2 is 1.68 bits per heavy atom. The van der Waals surface area contributed by atoms with E-state index in [2.05, 4.69) is 10.3 Å². The van der Waals surface area contributed by atoms with E-state index in [4.69, 9.17) is 11.6 Å². The number of carbonyl (C=O) groups excluding carboxylic acids is 1. The maximum Gasteiger partial charge on any atom is 0.257 e. The molecular weight excluding hydrogens is 490 g/mol. The summed E-state index contributed by atoms with van der Waals surface area (Å²) in [7, 11) is -3.65. The molecule has 1 N–H and O–H groups in total. The Bertz CT molecular complexity index is 1450. The van der Waals surface area contributed by atoms with Gasteiger partial charge in [-0.15, -0.1) is 11.3 Å². The molecule has 0 bridgehead atoms. The van der Waals surface area contributed by atoms with Crippen molar-refractivity contribution >= 4 is 44.0 Å². The molecule has 0 saturated carbocycles. The first-order valence-corrected chi connectivity index (χ1v) is 13.3. The molecule has 34 heavy (non-hydrogen) atoms. The van der Waals surface area contributed by atoms with Crippen LogP contribution < -0.4 is 5.32 Å². The zero-order chi connectivity index (χ0) is 23.7. The average molecular weight is 510 g/mol. The molecule has 172 valence electrons. The Labute approximate surface area is 206 Å². The molecule has 4 aromatic rings. The summed E-state index contributed by atoms with van der Waals surface area (Å²) in [5.74, 6) is -0.354. The van der Waals surface area contributed by atoms with E-state index >= 15 is 0 Å². The molecule has 6 nitrogen and oxygen atoms in total. The lowest BCUT2D eigenvalue weighted by molar-refractivity contribution is 0.102. The van der Waals surface area contributed by atoms with Crippen molar-refractivity contribution in [1.29, 1.82) is 0 Å². The van der Waals surface area contributed by atoms with E-state index in [0.717, 1.165) is 16.8 Å². The number of sulfonamides is 1. The summed E-state index contributed by atoms with van der Waals surface area (Å²) in [6, 6.07) is 21.2. The third kappa shape index (κ3) is 4.63. The summed E-state index contributed by atoms with van der Waals surface area (Å²) in [6.07, 6.45) is 0.682. The van der Waals surface area contributed by atoms with E-state index in [9.17, 15) is 13.2 Å². The molecule has 0 fully saturated rings. The second kappa shape index (κ2) is 9.31. The van der Waals surface area contributed by atoms with Gasteiger partial charge in [0.2, 0.25) is 10.0 Å². The predicted molar refractivity (Wildman–Crippen MR) is 135 cm³/mol.